The predicted octanol–water partition coefficient (Wildman–Crippen LogP) is 0.894. The highest BCUT2D eigenvalue weighted by molar-refractivity contribution is 7.90. The number of anilines is 2. The number of nitrogens with zero attached hydrogens (tertiary/aromatic N) is 1. The van der Waals surface area contributed by atoms with Gasteiger partial charge in [-0.2, -0.15) is 13.1 Å². The van der Waals surface area contributed by atoms with Gasteiger partial charge in [0.1, 0.15) is 0 Å². The number of carboxylic acids is 1. The lowest BCUT2D eigenvalue weighted by Gasteiger charge is -2.22. The second kappa shape index (κ2) is 6.10. The first kappa shape index (κ1) is 16.3. The smallest absolute Gasteiger partial charge is 0.337 e. The van der Waals surface area contributed by atoms with Crippen LogP contribution in [0.5, 0.6) is 0 Å². The Morgan fingerprint density at radius 1 is 1.45 bits per heavy atom. The van der Waals surface area contributed by atoms with Crippen LogP contribution in [0.4, 0.5) is 11.4 Å². The highest BCUT2D eigenvalue weighted by Gasteiger charge is 2.23. The van der Waals surface area contributed by atoms with E-state index in [9.17, 15) is 13.2 Å². The van der Waals surface area contributed by atoms with Crippen molar-refractivity contribution in [3.8, 4) is 0 Å². The SMILES string of the molecule is CC(C)CNS(=O)(=O)N(C)c1ccc(N)cc1C(=O)O. The molecule has 1 aromatic carbocycles. The summed E-state index contributed by atoms with van der Waals surface area (Å²) in [5.41, 5.74) is 5.68. The van der Waals surface area contributed by atoms with Gasteiger partial charge in [0.25, 0.3) is 0 Å². The molecule has 0 saturated heterocycles. The van der Waals surface area contributed by atoms with Gasteiger partial charge in [0, 0.05) is 19.3 Å². The molecular formula is C12H19N3O4S. The highest BCUT2D eigenvalue weighted by Crippen LogP contribution is 2.24. The minimum absolute atomic E-state index is 0.0583. The molecule has 1 rings (SSSR count). The van der Waals surface area contributed by atoms with Crippen LogP contribution in [0.15, 0.2) is 18.2 Å². The summed E-state index contributed by atoms with van der Waals surface area (Å²) in [5, 5.41) is 9.13. The van der Waals surface area contributed by atoms with Crippen LogP contribution in [0.3, 0.4) is 0 Å². The van der Waals surface area contributed by atoms with Crippen molar-refractivity contribution in [1.29, 1.82) is 0 Å². The van der Waals surface area contributed by atoms with E-state index >= 15 is 0 Å². The monoisotopic (exact) mass is 301 g/mol. The van der Waals surface area contributed by atoms with Gasteiger partial charge in [0.05, 0.1) is 11.3 Å². The van der Waals surface area contributed by atoms with Crippen LogP contribution < -0.4 is 14.8 Å². The van der Waals surface area contributed by atoms with Crippen molar-refractivity contribution in [2.75, 3.05) is 23.6 Å². The predicted molar refractivity (Wildman–Crippen MR) is 78.0 cm³/mol. The van der Waals surface area contributed by atoms with Crippen molar-refractivity contribution >= 4 is 27.6 Å². The van der Waals surface area contributed by atoms with Gasteiger partial charge in [0.2, 0.25) is 0 Å². The van der Waals surface area contributed by atoms with Crippen LogP contribution in [-0.4, -0.2) is 33.1 Å². The molecule has 7 nitrogen and oxygen atoms in total. The fourth-order valence-corrected chi connectivity index (χ4v) is 2.65. The molecule has 0 aliphatic heterocycles. The van der Waals surface area contributed by atoms with E-state index in [0.717, 1.165) is 4.31 Å². The van der Waals surface area contributed by atoms with E-state index in [0.29, 0.717) is 0 Å². The van der Waals surface area contributed by atoms with Crippen molar-refractivity contribution in [2.24, 2.45) is 5.92 Å². The maximum absolute atomic E-state index is 12.1. The van der Waals surface area contributed by atoms with Crippen LogP contribution in [0.2, 0.25) is 0 Å². The molecule has 0 bridgehead atoms. The molecule has 0 atom stereocenters. The molecule has 0 spiro atoms. The van der Waals surface area contributed by atoms with E-state index in [4.69, 9.17) is 10.8 Å². The normalized spacial score (nSPS) is 11.6. The van der Waals surface area contributed by atoms with Gasteiger partial charge in [-0.1, -0.05) is 13.8 Å². The Morgan fingerprint density at radius 3 is 2.55 bits per heavy atom. The zero-order valence-electron chi connectivity index (χ0n) is 11.6. The zero-order chi connectivity index (χ0) is 15.5. The largest absolute Gasteiger partial charge is 0.478 e. The number of nitrogens with two attached hydrogens (primary N) is 1. The number of benzene rings is 1. The number of carbonyl (C=O) groups is 1. The maximum atomic E-state index is 12.1. The van der Waals surface area contributed by atoms with Crippen LogP contribution in [-0.2, 0) is 10.2 Å². The molecule has 8 heteroatoms. The standard InChI is InChI=1S/C12H19N3O4S/c1-8(2)7-14-20(18,19)15(3)11-5-4-9(13)6-10(11)12(16)17/h4-6,8,14H,7,13H2,1-3H3,(H,16,17). The summed E-state index contributed by atoms with van der Waals surface area (Å²) < 4.78 is 27.5. The van der Waals surface area contributed by atoms with Crippen LogP contribution in [0, 0.1) is 5.92 Å². The van der Waals surface area contributed by atoms with Crippen molar-refractivity contribution < 1.29 is 18.3 Å². The zero-order valence-corrected chi connectivity index (χ0v) is 12.4. The summed E-state index contributed by atoms with van der Waals surface area (Å²) in [4.78, 5) is 11.2. The Bertz CT molecular complexity index is 599. The lowest BCUT2D eigenvalue weighted by molar-refractivity contribution is 0.0698. The Labute approximate surface area is 118 Å². The van der Waals surface area contributed by atoms with Crippen molar-refractivity contribution in [3.05, 3.63) is 23.8 Å². The van der Waals surface area contributed by atoms with E-state index < -0.39 is 16.2 Å². The molecule has 4 N–H and O–H groups in total. The molecule has 112 valence electrons. The second-order valence-corrected chi connectivity index (χ2v) is 6.58. The lowest BCUT2D eigenvalue weighted by Crippen LogP contribution is -2.40. The maximum Gasteiger partial charge on any atom is 0.337 e. The molecule has 0 aliphatic rings. The van der Waals surface area contributed by atoms with E-state index in [1.54, 1.807) is 0 Å². The summed E-state index contributed by atoms with van der Waals surface area (Å²) in [6, 6.07) is 4.05. The van der Waals surface area contributed by atoms with E-state index in [1.807, 2.05) is 13.8 Å². The molecule has 1 aromatic rings. The molecule has 0 amide bonds. The molecule has 20 heavy (non-hydrogen) atoms. The average Bonchev–Trinajstić information content (AvgIpc) is 2.35. The number of carboxylic acid groups (broad SMARTS) is 1. The topological polar surface area (TPSA) is 113 Å². The number of hydrogen-bond acceptors (Lipinski definition) is 4. The second-order valence-electron chi connectivity index (χ2n) is 4.80. The van der Waals surface area contributed by atoms with Crippen LogP contribution >= 0.6 is 0 Å². The number of aromatic carboxylic acids is 1. The number of nitrogens with one attached hydrogen (secondary N) is 1. The van der Waals surface area contributed by atoms with Crippen molar-refractivity contribution in [2.45, 2.75) is 13.8 Å². The minimum atomic E-state index is -3.80. The van der Waals surface area contributed by atoms with Crippen molar-refractivity contribution in [1.82, 2.24) is 4.72 Å². The molecule has 0 saturated carbocycles. The third kappa shape index (κ3) is 3.84. The first-order valence-electron chi connectivity index (χ1n) is 6.01. The first-order valence-corrected chi connectivity index (χ1v) is 7.45. The van der Waals surface area contributed by atoms with Gasteiger partial charge in [-0.25, -0.2) is 4.79 Å². The third-order valence-electron chi connectivity index (χ3n) is 2.62. The van der Waals surface area contributed by atoms with Gasteiger partial charge in [-0.3, -0.25) is 4.31 Å². The van der Waals surface area contributed by atoms with Gasteiger partial charge in [-0.15, -0.1) is 0 Å². The Balaban J connectivity index is 3.14. The van der Waals surface area contributed by atoms with E-state index in [-0.39, 0.29) is 29.4 Å². The minimum Gasteiger partial charge on any atom is -0.478 e. The van der Waals surface area contributed by atoms with Gasteiger partial charge in [-0.05, 0) is 24.1 Å². The summed E-state index contributed by atoms with van der Waals surface area (Å²) in [7, 11) is -2.51. The van der Waals surface area contributed by atoms with E-state index in [1.165, 1.54) is 25.2 Å². The summed E-state index contributed by atoms with van der Waals surface area (Å²) in [5.74, 6) is -1.10. The molecule has 0 unspecified atom stereocenters. The quantitative estimate of drug-likeness (QED) is 0.675. The molecule has 0 fully saturated rings. The Morgan fingerprint density at radius 2 is 2.05 bits per heavy atom. The summed E-state index contributed by atoms with van der Waals surface area (Å²) in [6.07, 6.45) is 0. The molecular weight excluding hydrogens is 282 g/mol. The lowest BCUT2D eigenvalue weighted by atomic mass is 10.1. The van der Waals surface area contributed by atoms with Gasteiger partial charge >= 0.3 is 16.2 Å². The molecule has 0 aromatic heterocycles. The Kier molecular flexibility index (Phi) is 4.96. The number of rotatable bonds is 6. The summed E-state index contributed by atoms with van der Waals surface area (Å²) >= 11 is 0. The number of hydrogen-bond donors (Lipinski definition) is 3. The van der Waals surface area contributed by atoms with Crippen LogP contribution in [0.25, 0.3) is 0 Å². The van der Waals surface area contributed by atoms with Crippen molar-refractivity contribution in [3.63, 3.8) is 0 Å². The third-order valence-corrected chi connectivity index (χ3v) is 4.07. The highest BCUT2D eigenvalue weighted by atomic mass is 32.2. The van der Waals surface area contributed by atoms with Crippen LogP contribution in [0.1, 0.15) is 24.2 Å². The van der Waals surface area contributed by atoms with E-state index in [2.05, 4.69) is 4.72 Å². The average molecular weight is 301 g/mol. The van der Waals surface area contributed by atoms with Gasteiger partial charge in [0.15, 0.2) is 0 Å². The summed E-state index contributed by atoms with van der Waals surface area (Å²) in [6.45, 7) is 4.01. The Hall–Kier alpha value is -1.80. The molecule has 0 radical (unpaired) electrons. The van der Waals surface area contributed by atoms with Gasteiger partial charge < -0.3 is 10.8 Å². The molecule has 0 aliphatic carbocycles. The molecule has 0 heterocycles. The fraction of sp³-hybridized carbons (Fsp3) is 0.417. The fourth-order valence-electron chi connectivity index (χ4n) is 1.50. The number of nitrogen functional groups attached to an aromatic ring is 1. The first-order chi connectivity index (χ1) is 9.15.